The van der Waals surface area contributed by atoms with E-state index in [9.17, 15) is 9.18 Å². The number of hydrogen-bond donors (Lipinski definition) is 3. The van der Waals surface area contributed by atoms with Gasteiger partial charge in [-0.1, -0.05) is 27.5 Å². The second-order valence-corrected chi connectivity index (χ2v) is 6.48. The van der Waals surface area contributed by atoms with Gasteiger partial charge in [0.25, 0.3) is 5.91 Å². The second-order valence-electron chi connectivity index (χ2n) is 5.16. The number of nitrogens with one attached hydrogen (secondary N) is 2. The van der Waals surface area contributed by atoms with Crippen molar-refractivity contribution in [3.63, 3.8) is 0 Å². The molecular weight excluding hydrogens is 431 g/mol. The molecule has 0 aliphatic heterocycles. The number of aliphatic hydroxyl groups is 1. The average Bonchev–Trinajstić information content (AvgIpc) is 3.09. The Balaban J connectivity index is 2.06. The Morgan fingerprint density at radius 1 is 1.42 bits per heavy atom. The molecule has 0 atom stereocenters. The molecule has 1 aromatic carbocycles. The summed E-state index contributed by atoms with van der Waals surface area (Å²) in [6.45, 7) is -0.363. The Hall–Kier alpha value is -2.20. The lowest BCUT2D eigenvalue weighted by atomic mass is 10.2. The minimum absolute atomic E-state index is 0.0232. The summed E-state index contributed by atoms with van der Waals surface area (Å²) in [6, 6.07) is 6.24. The van der Waals surface area contributed by atoms with Gasteiger partial charge in [0.1, 0.15) is 23.5 Å². The molecule has 3 rings (SSSR count). The molecule has 0 aliphatic rings. The standard InChI is InChI=1S/C16H13BrClFN4O3/c17-9-1-2-13(11(18)5-9)21-15-10(16(25)22-26-4-3-24)6-12(19)14-7-20-8-23(14)15/h1-2,5-8,21,24H,3-4H2,(H,22,25). The van der Waals surface area contributed by atoms with Crippen LogP contribution in [0.2, 0.25) is 5.02 Å². The molecule has 3 N–H and O–H groups in total. The van der Waals surface area contributed by atoms with Gasteiger partial charge in [0, 0.05) is 4.47 Å². The zero-order chi connectivity index (χ0) is 18.7. The fraction of sp³-hybridized carbons (Fsp3) is 0.125. The third kappa shape index (κ3) is 3.80. The smallest absolute Gasteiger partial charge is 0.278 e. The predicted molar refractivity (Wildman–Crippen MR) is 98.1 cm³/mol. The number of pyridine rings is 1. The number of nitrogens with zero attached hydrogens (tertiary/aromatic N) is 2. The van der Waals surface area contributed by atoms with Crippen LogP contribution in [0.25, 0.3) is 5.52 Å². The third-order valence-electron chi connectivity index (χ3n) is 3.44. The first-order valence-corrected chi connectivity index (χ1v) is 8.58. The van der Waals surface area contributed by atoms with Crippen LogP contribution in [0.1, 0.15) is 10.4 Å². The van der Waals surface area contributed by atoms with Gasteiger partial charge >= 0.3 is 0 Å². The lowest BCUT2D eigenvalue weighted by Gasteiger charge is -2.16. The first-order chi connectivity index (χ1) is 12.5. The lowest BCUT2D eigenvalue weighted by Crippen LogP contribution is -2.26. The highest BCUT2D eigenvalue weighted by Crippen LogP contribution is 2.31. The number of hydroxylamine groups is 1. The van der Waals surface area contributed by atoms with Gasteiger partial charge in [-0.05, 0) is 24.3 Å². The molecule has 2 heterocycles. The molecule has 3 aromatic rings. The van der Waals surface area contributed by atoms with E-state index in [2.05, 4.69) is 31.7 Å². The molecule has 0 aliphatic carbocycles. The van der Waals surface area contributed by atoms with Crippen molar-refractivity contribution in [3.05, 3.63) is 57.7 Å². The fourth-order valence-electron chi connectivity index (χ4n) is 2.28. The Morgan fingerprint density at radius 2 is 2.23 bits per heavy atom. The largest absolute Gasteiger partial charge is 0.394 e. The Labute approximate surface area is 160 Å². The molecule has 26 heavy (non-hydrogen) atoms. The molecule has 0 saturated heterocycles. The molecule has 0 radical (unpaired) electrons. The van der Waals surface area contributed by atoms with Crippen LogP contribution >= 0.6 is 27.5 Å². The predicted octanol–water partition coefficient (Wildman–Crippen LogP) is 3.29. The molecular formula is C16H13BrClFN4O3. The molecule has 0 bridgehead atoms. The summed E-state index contributed by atoms with van der Waals surface area (Å²) >= 11 is 9.55. The number of amides is 1. The van der Waals surface area contributed by atoms with Gasteiger partial charge in [0.15, 0.2) is 0 Å². The van der Waals surface area contributed by atoms with Gasteiger partial charge in [-0.15, -0.1) is 0 Å². The number of benzene rings is 1. The van der Waals surface area contributed by atoms with Gasteiger partial charge in [-0.3, -0.25) is 14.0 Å². The number of aliphatic hydroxyl groups excluding tert-OH is 1. The van der Waals surface area contributed by atoms with Crippen molar-refractivity contribution >= 4 is 50.5 Å². The zero-order valence-electron chi connectivity index (χ0n) is 13.2. The molecule has 10 heteroatoms. The van der Waals surface area contributed by atoms with Crippen LogP contribution in [-0.2, 0) is 4.84 Å². The first kappa shape index (κ1) is 18.6. The van der Waals surface area contributed by atoms with Crippen molar-refractivity contribution in [3.8, 4) is 0 Å². The van der Waals surface area contributed by atoms with Crippen molar-refractivity contribution in [2.45, 2.75) is 0 Å². The summed E-state index contributed by atoms with van der Waals surface area (Å²) in [7, 11) is 0. The van der Waals surface area contributed by atoms with E-state index in [1.54, 1.807) is 18.2 Å². The van der Waals surface area contributed by atoms with Crippen LogP contribution in [0.15, 0.2) is 41.3 Å². The summed E-state index contributed by atoms with van der Waals surface area (Å²) in [5.41, 5.74) is 2.83. The average molecular weight is 444 g/mol. The number of aromatic nitrogens is 2. The number of hydrogen-bond acceptors (Lipinski definition) is 5. The Kier molecular flexibility index (Phi) is 5.72. The lowest BCUT2D eigenvalue weighted by molar-refractivity contribution is 0.0168. The van der Waals surface area contributed by atoms with Gasteiger partial charge in [0.05, 0.1) is 35.7 Å². The summed E-state index contributed by atoms with van der Waals surface area (Å²) in [5.74, 6) is -1.06. The van der Waals surface area contributed by atoms with E-state index in [4.69, 9.17) is 21.5 Å². The molecule has 0 spiro atoms. The highest BCUT2D eigenvalue weighted by Gasteiger charge is 2.19. The molecule has 0 saturated carbocycles. The van der Waals surface area contributed by atoms with Crippen molar-refractivity contribution in [1.82, 2.24) is 14.9 Å². The zero-order valence-corrected chi connectivity index (χ0v) is 15.5. The van der Waals surface area contributed by atoms with E-state index in [0.29, 0.717) is 10.7 Å². The highest BCUT2D eigenvalue weighted by molar-refractivity contribution is 9.10. The quantitative estimate of drug-likeness (QED) is 0.402. The molecule has 0 fully saturated rings. The van der Waals surface area contributed by atoms with E-state index in [1.165, 1.54) is 16.9 Å². The monoisotopic (exact) mass is 442 g/mol. The summed E-state index contributed by atoms with van der Waals surface area (Å²) < 4.78 is 16.5. The van der Waals surface area contributed by atoms with Crippen LogP contribution in [0, 0.1) is 5.82 Å². The van der Waals surface area contributed by atoms with E-state index in [0.717, 1.165) is 10.5 Å². The van der Waals surface area contributed by atoms with Crippen molar-refractivity contribution in [2.24, 2.45) is 0 Å². The van der Waals surface area contributed by atoms with Crippen LogP contribution < -0.4 is 10.8 Å². The fourth-order valence-corrected chi connectivity index (χ4v) is 3.01. The topological polar surface area (TPSA) is 87.9 Å². The van der Waals surface area contributed by atoms with Crippen molar-refractivity contribution in [2.75, 3.05) is 18.5 Å². The minimum atomic E-state index is -0.691. The van der Waals surface area contributed by atoms with Crippen LogP contribution in [-0.4, -0.2) is 33.6 Å². The van der Waals surface area contributed by atoms with Gasteiger partial charge in [-0.25, -0.2) is 14.9 Å². The molecule has 1 amide bonds. The third-order valence-corrected chi connectivity index (χ3v) is 4.24. The van der Waals surface area contributed by atoms with Gasteiger partial charge < -0.3 is 10.4 Å². The maximum atomic E-state index is 14.3. The Bertz CT molecular complexity index is 966. The summed E-state index contributed by atoms with van der Waals surface area (Å²) in [5, 5.41) is 12.2. The van der Waals surface area contributed by atoms with E-state index >= 15 is 0 Å². The van der Waals surface area contributed by atoms with Gasteiger partial charge in [-0.2, -0.15) is 0 Å². The summed E-state index contributed by atoms with van der Waals surface area (Å²) in [4.78, 5) is 21.1. The van der Waals surface area contributed by atoms with Crippen molar-refractivity contribution in [1.29, 1.82) is 0 Å². The number of carbonyl (C=O) groups is 1. The number of rotatable bonds is 6. The van der Waals surface area contributed by atoms with Crippen LogP contribution in [0.3, 0.4) is 0 Å². The number of carbonyl (C=O) groups excluding carboxylic acids is 1. The van der Waals surface area contributed by atoms with Gasteiger partial charge in [0.2, 0.25) is 0 Å². The van der Waals surface area contributed by atoms with E-state index < -0.39 is 11.7 Å². The summed E-state index contributed by atoms with van der Waals surface area (Å²) in [6.07, 6.45) is 2.71. The molecule has 0 unspecified atom stereocenters. The van der Waals surface area contributed by atoms with Crippen LogP contribution in [0.5, 0.6) is 0 Å². The van der Waals surface area contributed by atoms with E-state index in [-0.39, 0.29) is 30.1 Å². The molecule has 136 valence electrons. The number of anilines is 2. The minimum Gasteiger partial charge on any atom is -0.394 e. The maximum absolute atomic E-state index is 14.3. The number of imidazole rings is 1. The SMILES string of the molecule is O=C(NOCCO)c1cc(F)c2cncn2c1Nc1ccc(Br)cc1Cl. The highest BCUT2D eigenvalue weighted by atomic mass is 79.9. The number of halogens is 3. The second kappa shape index (κ2) is 8.00. The normalized spacial score (nSPS) is 10.9. The molecule has 7 nitrogen and oxygen atoms in total. The maximum Gasteiger partial charge on any atom is 0.278 e. The van der Waals surface area contributed by atoms with Crippen LogP contribution in [0.4, 0.5) is 15.9 Å². The first-order valence-electron chi connectivity index (χ1n) is 7.41. The van der Waals surface area contributed by atoms with Crippen molar-refractivity contribution < 1.29 is 19.1 Å². The Morgan fingerprint density at radius 3 is 2.96 bits per heavy atom. The number of fused-ring (bicyclic) bond motifs is 1. The van der Waals surface area contributed by atoms with E-state index in [1.807, 2.05) is 0 Å². The molecule has 2 aromatic heterocycles.